The van der Waals surface area contributed by atoms with Gasteiger partial charge in [0.05, 0.1) is 6.20 Å². The van der Waals surface area contributed by atoms with Gasteiger partial charge in [0, 0.05) is 13.1 Å². The van der Waals surface area contributed by atoms with Crippen LogP contribution >= 0.6 is 11.6 Å². The van der Waals surface area contributed by atoms with Gasteiger partial charge in [-0.2, -0.15) is 4.98 Å². The lowest BCUT2D eigenvalue weighted by Gasteiger charge is -2.09. The lowest BCUT2D eigenvalue weighted by molar-refractivity contribution is 0.242. The molecule has 100 valence electrons. The van der Waals surface area contributed by atoms with Gasteiger partial charge >= 0.3 is 0 Å². The van der Waals surface area contributed by atoms with E-state index in [2.05, 4.69) is 20.0 Å². The number of anilines is 1. The average Bonchev–Trinajstić information content (AvgIpc) is 3.09. The van der Waals surface area contributed by atoms with Crippen molar-refractivity contribution < 1.29 is 9.26 Å². The van der Waals surface area contributed by atoms with E-state index < -0.39 is 0 Å². The zero-order chi connectivity index (χ0) is 13.1. The summed E-state index contributed by atoms with van der Waals surface area (Å²) in [4.78, 5) is 10.3. The Hall–Kier alpha value is -1.82. The second-order valence-electron chi connectivity index (χ2n) is 4.29. The minimum atomic E-state index is 0.226. The van der Waals surface area contributed by atoms with Crippen LogP contribution in [0.5, 0.6) is 5.75 Å². The van der Waals surface area contributed by atoms with Gasteiger partial charge in [-0.25, -0.2) is 4.98 Å². The van der Waals surface area contributed by atoms with Gasteiger partial charge in [0.25, 0.3) is 11.8 Å². The van der Waals surface area contributed by atoms with Crippen LogP contribution in [0, 0.1) is 0 Å². The van der Waals surface area contributed by atoms with Crippen molar-refractivity contribution in [3.63, 3.8) is 0 Å². The summed E-state index contributed by atoms with van der Waals surface area (Å²) in [7, 11) is 0. The molecule has 19 heavy (non-hydrogen) atoms. The Morgan fingerprint density at radius 2 is 2.16 bits per heavy atom. The molecule has 3 heterocycles. The number of pyridine rings is 1. The molecule has 0 aliphatic carbocycles. The standard InChI is InChI=1S/C12H13ClN4O2/c13-10-4-3-9(7-14-10)18-8-11-15-12(16-19-11)17-5-1-2-6-17/h3-4,7H,1-2,5-6,8H2. The normalized spacial score (nSPS) is 14.9. The number of rotatable bonds is 4. The van der Waals surface area contributed by atoms with Crippen molar-refractivity contribution in [1.29, 1.82) is 0 Å². The lowest BCUT2D eigenvalue weighted by atomic mass is 10.4. The van der Waals surface area contributed by atoms with Crippen molar-refractivity contribution in [3.8, 4) is 5.75 Å². The van der Waals surface area contributed by atoms with Crippen LogP contribution in [0.3, 0.4) is 0 Å². The van der Waals surface area contributed by atoms with E-state index >= 15 is 0 Å². The zero-order valence-corrected chi connectivity index (χ0v) is 11.0. The van der Waals surface area contributed by atoms with Gasteiger partial charge in [-0.15, -0.1) is 0 Å². The Morgan fingerprint density at radius 3 is 2.89 bits per heavy atom. The van der Waals surface area contributed by atoms with Crippen molar-refractivity contribution >= 4 is 17.5 Å². The highest BCUT2D eigenvalue weighted by atomic mass is 35.5. The van der Waals surface area contributed by atoms with E-state index in [1.807, 2.05) is 0 Å². The van der Waals surface area contributed by atoms with E-state index in [0.29, 0.717) is 22.7 Å². The van der Waals surface area contributed by atoms with E-state index in [0.717, 1.165) is 13.1 Å². The van der Waals surface area contributed by atoms with Crippen LogP contribution in [0.25, 0.3) is 0 Å². The smallest absolute Gasteiger partial charge is 0.266 e. The minimum absolute atomic E-state index is 0.226. The molecule has 0 N–H and O–H groups in total. The Bertz CT molecular complexity index is 537. The van der Waals surface area contributed by atoms with Crippen LogP contribution in [-0.2, 0) is 6.61 Å². The van der Waals surface area contributed by atoms with Gasteiger partial charge in [0.1, 0.15) is 10.9 Å². The number of aromatic nitrogens is 3. The van der Waals surface area contributed by atoms with Crippen LogP contribution in [0.2, 0.25) is 5.15 Å². The maximum absolute atomic E-state index is 5.69. The molecule has 0 unspecified atom stereocenters. The minimum Gasteiger partial charge on any atom is -0.482 e. The SMILES string of the molecule is Clc1ccc(OCc2nc(N3CCCC3)no2)cn1. The Morgan fingerprint density at radius 1 is 1.32 bits per heavy atom. The summed E-state index contributed by atoms with van der Waals surface area (Å²) in [6.07, 6.45) is 3.91. The third-order valence-electron chi connectivity index (χ3n) is 2.91. The van der Waals surface area contributed by atoms with Gasteiger partial charge in [-0.1, -0.05) is 11.6 Å². The number of ether oxygens (including phenoxy) is 1. The first-order valence-corrected chi connectivity index (χ1v) is 6.51. The number of halogens is 1. The van der Waals surface area contributed by atoms with Crippen LogP contribution in [0.15, 0.2) is 22.9 Å². The molecule has 0 spiro atoms. The van der Waals surface area contributed by atoms with Crippen LogP contribution in [0.1, 0.15) is 18.7 Å². The van der Waals surface area contributed by atoms with Gasteiger partial charge in [0.15, 0.2) is 6.61 Å². The summed E-state index contributed by atoms with van der Waals surface area (Å²) in [5, 5.41) is 4.38. The number of nitrogens with zero attached hydrogens (tertiary/aromatic N) is 4. The molecule has 6 nitrogen and oxygen atoms in total. The summed E-state index contributed by atoms with van der Waals surface area (Å²) < 4.78 is 10.6. The monoisotopic (exact) mass is 280 g/mol. The molecule has 1 saturated heterocycles. The molecule has 0 atom stereocenters. The van der Waals surface area contributed by atoms with Crippen molar-refractivity contribution in [3.05, 3.63) is 29.4 Å². The molecule has 1 aliphatic heterocycles. The maximum Gasteiger partial charge on any atom is 0.266 e. The summed E-state index contributed by atoms with van der Waals surface area (Å²) in [5.41, 5.74) is 0. The number of hydrogen-bond acceptors (Lipinski definition) is 6. The molecular formula is C12H13ClN4O2. The van der Waals surface area contributed by atoms with Gasteiger partial charge in [-0.3, -0.25) is 0 Å². The fourth-order valence-corrected chi connectivity index (χ4v) is 2.05. The van der Waals surface area contributed by atoms with E-state index in [9.17, 15) is 0 Å². The first kappa shape index (κ1) is 12.2. The van der Waals surface area contributed by atoms with E-state index in [4.69, 9.17) is 20.9 Å². The molecular weight excluding hydrogens is 268 g/mol. The summed E-state index contributed by atoms with van der Waals surface area (Å²) in [6, 6.07) is 3.41. The molecule has 3 rings (SSSR count). The number of hydrogen-bond donors (Lipinski definition) is 0. The van der Waals surface area contributed by atoms with E-state index in [-0.39, 0.29) is 6.61 Å². The summed E-state index contributed by atoms with van der Waals surface area (Å²) >= 11 is 5.69. The van der Waals surface area contributed by atoms with Crippen molar-refractivity contribution in [2.75, 3.05) is 18.0 Å². The fraction of sp³-hybridized carbons (Fsp3) is 0.417. The molecule has 1 fully saturated rings. The van der Waals surface area contributed by atoms with Gasteiger partial charge < -0.3 is 14.2 Å². The largest absolute Gasteiger partial charge is 0.482 e. The lowest BCUT2D eigenvalue weighted by Crippen LogP contribution is -2.18. The maximum atomic E-state index is 5.69. The van der Waals surface area contributed by atoms with Gasteiger partial charge in [-0.05, 0) is 30.1 Å². The van der Waals surface area contributed by atoms with Crippen LogP contribution in [-0.4, -0.2) is 28.2 Å². The first-order valence-electron chi connectivity index (χ1n) is 6.13. The Kier molecular flexibility index (Phi) is 3.50. The third-order valence-corrected chi connectivity index (χ3v) is 3.13. The molecule has 1 aliphatic rings. The predicted octanol–water partition coefficient (Wildman–Crippen LogP) is 2.30. The predicted molar refractivity (Wildman–Crippen MR) is 69.3 cm³/mol. The second-order valence-corrected chi connectivity index (χ2v) is 4.67. The van der Waals surface area contributed by atoms with Crippen molar-refractivity contribution in [2.45, 2.75) is 19.4 Å². The van der Waals surface area contributed by atoms with Crippen LogP contribution in [0.4, 0.5) is 5.95 Å². The highest BCUT2D eigenvalue weighted by Crippen LogP contribution is 2.17. The third kappa shape index (κ3) is 2.96. The Labute approximate surface area is 115 Å². The highest BCUT2D eigenvalue weighted by molar-refractivity contribution is 6.29. The van der Waals surface area contributed by atoms with Crippen molar-refractivity contribution in [2.24, 2.45) is 0 Å². The molecule has 0 saturated carbocycles. The van der Waals surface area contributed by atoms with Crippen LogP contribution < -0.4 is 9.64 Å². The van der Waals surface area contributed by atoms with Gasteiger partial charge in [0.2, 0.25) is 0 Å². The van der Waals surface area contributed by atoms with E-state index in [1.165, 1.54) is 12.8 Å². The molecule has 2 aromatic rings. The second kappa shape index (κ2) is 5.44. The van der Waals surface area contributed by atoms with Crippen molar-refractivity contribution in [1.82, 2.24) is 15.1 Å². The fourth-order valence-electron chi connectivity index (χ4n) is 1.94. The molecule has 2 aromatic heterocycles. The zero-order valence-electron chi connectivity index (χ0n) is 10.3. The quantitative estimate of drug-likeness (QED) is 0.801. The molecule has 0 aromatic carbocycles. The molecule has 0 amide bonds. The average molecular weight is 281 g/mol. The topological polar surface area (TPSA) is 64.3 Å². The first-order chi connectivity index (χ1) is 9.31. The Balaban J connectivity index is 1.59. The summed E-state index contributed by atoms with van der Waals surface area (Å²) in [5.74, 6) is 1.72. The molecule has 0 bridgehead atoms. The highest BCUT2D eigenvalue weighted by Gasteiger charge is 2.18. The molecule has 7 heteroatoms. The molecule has 0 radical (unpaired) electrons. The summed E-state index contributed by atoms with van der Waals surface area (Å²) in [6.45, 7) is 2.20. The van der Waals surface area contributed by atoms with E-state index in [1.54, 1.807) is 18.3 Å².